The van der Waals surface area contributed by atoms with Crippen LogP contribution in [0, 0.1) is 5.92 Å². The van der Waals surface area contributed by atoms with Crippen molar-refractivity contribution in [1.29, 1.82) is 0 Å². The molecule has 1 atom stereocenters. The number of ether oxygens (including phenoxy) is 2. The lowest BCUT2D eigenvalue weighted by Gasteiger charge is -2.42. The number of nitrogens with zero attached hydrogens (tertiary/aromatic N) is 2. The molecule has 0 aromatic heterocycles. The van der Waals surface area contributed by atoms with Gasteiger partial charge < -0.3 is 19.3 Å². The maximum Gasteiger partial charge on any atom is 0.225 e. The number of rotatable bonds is 5. The lowest BCUT2D eigenvalue weighted by atomic mass is 9.90. The van der Waals surface area contributed by atoms with E-state index in [1.165, 1.54) is 19.4 Å². The van der Waals surface area contributed by atoms with Gasteiger partial charge in [0.2, 0.25) is 5.91 Å². The number of amides is 1. The Bertz CT molecular complexity index is 412. The molecule has 0 saturated carbocycles. The monoisotopic (exact) mass is 322 g/mol. The predicted molar refractivity (Wildman–Crippen MR) is 89.3 cm³/mol. The lowest BCUT2D eigenvalue weighted by molar-refractivity contribution is -0.131. The Morgan fingerprint density at radius 1 is 1.30 bits per heavy atom. The van der Waals surface area contributed by atoms with Crippen LogP contribution in [0.1, 0.15) is 32.1 Å². The van der Waals surface area contributed by atoms with Gasteiger partial charge in [-0.05, 0) is 38.1 Å². The summed E-state index contributed by atoms with van der Waals surface area (Å²) in [6.07, 6.45) is 6.83. The summed E-state index contributed by atoms with van der Waals surface area (Å²) in [4.78, 5) is 16.6. The van der Waals surface area contributed by atoms with Crippen LogP contribution in [0.3, 0.4) is 0 Å². The molecule has 0 aliphatic carbocycles. The Kier molecular flexibility index (Phi) is 5.72. The highest BCUT2D eigenvalue weighted by Crippen LogP contribution is 2.30. The molecule has 3 aliphatic rings. The molecule has 0 aromatic carbocycles. The number of hydrogen-bond donors (Lipinski definition) is 0. The summed E-state index contributed by atoms with van der Waals surface area (Å²) in [5.41, 5.74) is -0.137. The predicted octanol–water partition coefficient (Wildman–Crippen LogP) is 1.68. The minimum absolute atomic E-state index is 0.137. The summed E-state index contributed by atoms with van der Waals surface area (Å²) in [5.74, 6) is 0.950. The molecule has 1 unspecified atom stereocenters. The standard InChI is InChI=1S/C18H30N2O3/c1-2-8-20-15-18(23-13-5-17(20)21)6-10-19(11-7-18)9-3-16-4-12-22-14-16/h2,16H,1,3-15H2. The second kappa shape index (κ2) is 7.77. The lowest BCUT2D eigenvalue weighted by Crippen LogP contribution is -2.52. The van der Waals surface area contributed by atoms with Crippen LogP contribution in [0.5, 0.6) is 0 Å². The van der Waals surface area contributed by atoms with Gasteiger partial charge in [-0.3, -0.25) is 4.79 Å². The van der Waals surface area contributed by atoms with E-state index in [9.17, 15) is 4.79 Å². The number of carbonyl (C=O) groups is 1. The van der Waals surface area contributed by atoms with Gasteiger partial charge in [0, 0.05) is 32.8 Å². The third kappa shape index (κ3) is 4.34. The van der Waals surface area contributed by atoms with E-state index in [1.807, 2.05) is 11.0 Å². The molecule has 23 heavy (non-hydrogen) atoms. The average molecular weight is 322 g/mol. The molecular weight excluding hydrogens is 292 g/mol. The van der Waals surface area contributed by atoms with Gasteiger partial charge >= 0.3 is 0 Å². The number of likely N-dealkylation sites (tertiary alicyclic amines) is 1. The zero-order valence-electron chi connectivity index (χ0n) is 14.2. The smallest absolute Gasteiger partial charge is 0.225 e. The largest absolute Gasteiger partial charge is 0.381 e. The van der Waals surface area contributed by atoms with E-state index >= 15 is 0 Å². The highest BCUT2D eigenvalue weighted by atomic mass is 16.5. The molecule has 0 aromatic rings. The van der Waals surface area contributed by atoms with Crippen LogP contribution in [-0.2, 0) is 14.3 Å². The molecule has 3 aliphatic heterocycles. The van der Waals surface area contributed by atoms with Crippen LogP contribution < -0.4 is 0 Å². The van der Waals surface area contributed by atoms with Gasteiger partial charge in [0.15, 0.2) is 0 Å². The van der Waals surface area contributed by atoms with E-state index in [0.29, 0.717) is 19.6 Å². The molecule has 0 bridgehead atoms. The van der Waals surface area contributed by atoms with E-state index in [4.69, 9.17) is 9.47 Å². The van der Waals surface area contributed by atoms with Gasteiger partial charge in [-0.25, -0.2) is 0 Å². The number of hydrogen-bond acceptors (Lipinski definition) is 4. The van der Waals surface area contributed by atoms with Gasteiger partial charge in [-0.2, -0.15) is 0 Å². The van der Waals surface area contributed by atoms with Crippen molar-refractivity contribution < 1.29 is 14.3 Å². The van der Waals surface area contributed by atoms with Crippen molar-refractivity contribution in [2.75, 3.05) is 52.5 Å². The summed E-state index contributed by atoms with van der Waals surface area (Å²) in [6.45, 7) is 10.9. The van der Waals surface area contributed by atoms with E-state index in [0.717, 1.165) is 51.6 Å². The molecule has 1 spiro atoms. The normalized spacial score (nSPS) is 29.0. The summed E-state index contributed by atoms with van der Waals surface area (Å²) in [7, 11) is 0. The Balaban J connectivity index is 1.49. The maximum absolute atomic E-state index is 12.1. The number of carbonyl (C=O) groups excluding carboxylic acids is 1. The van der Waals surface area contributed by atoms with Crippen LogP contribution >= 0.6 is 0 Å². The first-order valence-corrected chi connectivity index (χ1v) is 9.03. The van der Waals surface area contributed by atoms with Crippen LogP contribution in [0.4, 0.5) is 0 Å². The second-order valence-corrected chi connectivity index (χ2v) is 7.20. The van der Waals surface area contributed by atoms with Crippen molar-refractivity contribution in [3.05, 3.63) is 12.7 Å². The van der Waals surface area contributed by atoms with Crippen LogP contribution in [0.15, 0.2) is 12.7 Å². The van der Waals surface area contributed by atoms with E-state index in [-0.39, 0.29) is 11.5 Å². The zero-order valence-corrected chi connectivity index (χ0v) is 14.2. The molecule has 0 N–H and O–H groups in total. The first kappa shape index (κ1) is 16.9. The van der Waals surface area contributed by atoms with Crippen molar-refractivity contribution in [2.24, 2.45) is 5.92 Å². The van der Waals surface area contributed by atoms with Crippen molar-refractivity contribution in [2.45, 2.75) is 37.7 Å². The Hall–Kier alpha value is -0.910. The van der Waals surface area contributed by atoms with E-state index in [1.54, 1.807) is 0 Å². The fourth-order valence-corrected chi connectivity index (χ4v) is 3.98. The summed E-state index contributed by atoms with van der Waals surface area (Å²) in [6, 6.07) is 0. The highest BCUT2D eigenvalue weighted by molar-refractivity contribution is 5.76. The molecule has 1 amide bonds. The molecule has 3 heterocycles. The van der Waals surface area contributed by atoms with Crippen molar-refractivity contribution in [1.82, 2.24) is 9.80 Å². The fraction of sp³-hybridized carbons (Fsp3) is 0.833. The quantitative estimate of drug-likeness (QED) is 0.722. The first-order chi connectivity index (χ1) is 11.2. The van der Waals surface area contributed by atoms with E-state index in [2.05, 4.69) is 11.5 Å². The van der Waals surface area contributed by atoms with E-state index < -0.39 is 0 Å². The Morgan fingerprint density at radius 2 is 2.13 bits per heavy atom. The minimum Gasteiger partial charge on any atom is -0.381 e. The molecule has 0 radical (unpaired) electrons. The topological polar surface area (TPSA) is 42.0 Å². The molecule has 5 heteroatoms. The second-order valence-electron chi connectivity index (χ2n) is 7.20. The Labute approximate surface area is 139 Å². The van der Waals surface area contributed by atoms with Crippen molar-refractivity contribution in [3.63, 3.8) is 0 Å². The van der Waals surface area contributed by atoms with Gasteiger partial charge in [0.05, 0.1) is 25.2 Å². The van der Waals surface area contributed by atoms with Gasteiger partial charge in [-0.1, -0.05) is 6.08 Å². The van der Waals surface area contributed by atoms with Gasteiger partial charge in [-0.15, -0.1) is 6.58 Å². The van der Waals surface area contributed by atoms with Gasteiger partial charge in [0.25, 0.3) is 0 Å². The third-order valence-electron chi connectivity index (χ3n) is 5.55. The average Bonchev–Trinajstić information content (AvgIpc) is 3.02. The van der Waals surface area contributed by atoms with Crippen molar-refractivity contribution in [3.8, 4) is 0 Å². The summed E-state index contributed by atoms with van der Waals surface area (Å²) < 4.78 is 11.6. The van der Waals surface area contributed by atoms with Gasteiger partial charge in [0.1, 0.15) is 0 Å². The van der Waals surface area contributed by atoms with Crippen LogP contribution in [0.25, 0.3) is 0 Å². The molecule has 5 nitrogen and oxygen atoms in total. The SMILES string of the molecule is C=CCN1CC2(CCN(CCC3CCOC3)CC2)OCCC1=O. The number of piperidine rings is 1. The fourth-order valence-electron chi connectivity index (χ4n) is 3.98. The molecule has 3 rings (SSSR count). The summed E-state index contributed by atoms with van der Waals surface area (Å²) >= 11 is 0. The first-order valence-electron chi connectivity index (χ1n) is 9.03. The van der Waals surface area contributed by atoms with Crippen LogP contribution in [-0.4, -0.2) is 73.9 Å². The maximum atomic E-state index is 12.1. The molecule has 130 valence electrons. The molecular formula is C18H30N2O3. The van der Waals surface area contributed by atoms with Crippen molar-refractivity contribution >= 4 is 5.91 Å². The minimum atomic E-state index is -0.137. The highest BCUT2D eigenvalue weighted by Gasteiger charge is 2.40. The zero-order chi connectivity index (χ0) is 16.1. The molecule has 3 saturated heterocycles. The van der Waals surface area contributed by atoms with Crippen LogP contribution in [0.2, 0.25) is 0 Å². The Morgan fingerprint density at radius 3 is 2.83 bits per heavy atom. The summed E-state index contributed by atoms with van der Waals surface area (Å²) in [5, 5.41) is 0. The molecule has 3 fully saturated rings. The third-order valence-corrected chi connectivity index (χ3v) is 5.55.